The number of rotatable bonds is 3. The number of aromatic carboxylic acids is 1. The minimum Gasteiger partial charge on any atom is -0.475 e. The van der Waals surface area contributed by atoms with Gasteiger partial charge in [-0.2, -0.15) is 0 Å². The minimum absolute atomic E-state index is 0.246. The maximum Gasteiger partial charge on any atom is 0.374 e. The Morgan fingerprint density at radius 2 is 2.00 bits per heavy atom. The third-order valence-electron chi connectivity index (χ3n) is 2.42. The van der Waals surface area contributed by atoms with Gasteiger partial charge in [0.1, 0.15) is 16.4 Å². The lowest BCUT2D eigenvalue weighted by atomic mass is 10.1. The van der Waals surface area contributed by atoms with Gasteiger partial charge in [-0.3, -0.25) is 0 Å². The smallest absolute Gasteiger partial charge is 0.374 e. The van der Waals surface area contributed by atoms with Crippen molar-refractivity contribution in [3.8, 4) is 11.3 Å². The summed E-state index contributed by atoms with van der Waals surface area (Å²) in [6.45, 7) is 0. The van der Waals surface area contributed by atoms with Gasteiger partial charge in [-0.05, 0) is 12.1 Å². The lowest BCUT2D eigenvalue weighted by Gasteiger charge is -2.05. The molecule has 0 unspecified atom stereocenters. The summed E-state index contributed by atoms with van der Waals surface area (Å²) in [6.07, 6.45) is 0.656. The fourth-order valence-corrected chi connectivity index (χ4v) is 2.43. The summed E-state index contributed by atoms with van der Waals surface area (Å²) in [6, 6.07) is 2.61. The van der Waals surface area contributed by atoms with E-state index in [1.807, 2.05) is 0 Å². The van der Waals surface area contributed by atoms with Crippen LogP contribution in [0.15, 0.2) is 27.6 Å². The van der Waals surface area contributed by atoms with E-state index in [-0.39, 0.29) is 11.3 Å². The zero-order valence-electron chi connectivity index (χ0n) is 9.92. The number of aromatic nitrogens is 1. The Labute approximate surface area is 111 Å². The predicted octanol–water partition coefficient (Wildman–Crippen LogP) is 1.72. The maximum atomic E-state index is 14.1. The summed E-state index contributed by atoms with van der Waals surface area (Å²) in [7, 11) is -4.13. The normalized spacial score (nSPS) is 11.6. The number of sulfone groups is 1. The average molecular weight is 303 g/mol. The Bertz CT molecular complexity index is 797. The van der Waals surface area contributed by atoms with Crippen molar-refractivity contribution < 1.29 is 31.6 Å². The van der Waals surface area contributed by atoms with Crippen LogP contribution < -0.4 is 0 Å². The topological polar surface area (TPSA) is 97.5 Å². The van der Waals surface area contributed by atoms with Crippen molar-refractivity contribution in [2.75, 3.05) is 6.26 Å². The van der Waals surface area contributed by atoms with Crippen molar-refractivity contribution in [1.82, 2.24) is 5.16 Å². The van der Waals surface area contributed by atoms with Gasteiger partial charge in [0.05, 0.1) is 0 Å². The lowest BCUT2D eigenvalue weighted by molar-refractivity contribution is 0.0652. The second kappa shape index (κ2) is 4.67. The molecule has 106 valence electrons. The van der Waals surface area contributed by atoms with Crippen LogP contribution in [0.3, 0.4) is 0 Å². The molecule has 9 heteroatoms. The maximum absolute atomic E-state index is 14.1. The molecule has 20 heavy (non-hydrogen) atoms. The minimum atomic E-state index is -4.13. The van der Waals surface area contributed by atoms with Crippen LogP contribution >= 0.6 is 0 Å². The Morgan fingerprint density at radius 1 is 1.35 bits per heavy atom. The van der Waals surface area contributed by atoms with Crippen LogP contribution in [-0.2, 0) is 9.84 Å². The summed E-state index contributed by atoms with van der Waals surface area (Å²) in [4.78, 5) is 9.53. The number of carboxylic acid groups (broad SMARTS) is 1. The van der Waals surface area contributed by atoms with Crippen LogP contribution in [0.25, 0.3) is 11.3 Å². The molecule has 6 nitrogen and oxygen atoms in total. The van der Waals surface area contributed by atoms with Crippen LogP contribution in [0.5, 0.6) is 0 Å². The van der Waals surface area contributed by atoms with Crippen LogP contribution in [0.4, 0.5) is 8.78 Å². The summed E-state index contributed by atoms with van der Waals surface area (Å²) in [5.74, 6) is -4.56. The molecule has 0 bridgehead atoms. The molecule has 0 saturated heterocycles. The molecule has 1 aromatic heterocycles. The monoisotopic (exact) mass is 303 g/mol. The zero-order chi connectivity index (χ0) is 15.1. The first-order chi connectivity index (χ1) is 9.21. The van der Waals surface area contributed by atoms with E-state index in [1.54, 1.807) is 0 Å². The van der Waals surface area contributed by atoms with E-state index in [2.05, 4.69) is 9.68 Å². The summed E-state index contributed by atoms with van der Waals surface area (Å²) in [5.41, 5.74) is -0.618. The number of benzene rings is 1. The highest BCUT2D eigenvalue weighted by molar-refractivity contribution is 7.90. The van der Waals surface area contributed by atoms with E-state index in [9.17, 15) is 22.0 Å². The van der Waals surface area contributed by atoms with E-state index >= 15 is 0 Å². The summed E-state index contributed by atoms with van der Waals surface area (Å²) >= 11 is 0. The van der Waals surface area contributed by atoms with Crippen LogP contribution in [-0.4, -0.2) is 30.9 Å². The molecule has 0 atom stereocenters. The molecule has 0 aliphatic carbocycles. The van der Waals surface area contributed by atoms with Crippen molar-refractivity contribution >= 4 is 15.8 Å². The number of hydrogen-bond acceptors (Lipinski definition) is 5. The highest BCUT2D eigenvalue weighted by atomic mass is 32.2. The third-order valence-corrected chi connectivity index (χ3v) is 3.53. The molecule has 0 radical (unpaired) electrons. The Kier molecular flexibility index (Phi) is 3.30. The van der Waals surface area contributed by atoms with E-state index in [0.717, 1.165) is 18.2 Å². The molecular weight excluding hydrogens is 296 g/mol. The summed E-state index contributed by atoms with van der Waals surface area (Å²) < 4.78 is 54.6. The van der Waals surface area contributed by atoms with Gasteiger partial charge in [0, 0.05) is 17.9 Å². The number of hydrogen-bond donors (Lipinski definition) is 1. The van der Waals surface area contributed by atoms with Gasteiger partial charge in [0.15, 0.2) is 15.7 Å². The first-order valence-electron chi connectivity index (χ1n) is 5.10. The summed E-state index contributed by atoms with van der Waals surface area (Å²) in [5, 5.41) is 12.0. The quantitative estimate of drug-likeness (QED) is 0.927. The van der Waals surface area contributed by atoms with Gasteiger partial charge in [-0.25, -0.2) is 22.0 Å². The van der Waals surface area contributed by atoms with Crippen molar-refractivity contribution in [2.45, 2.75) is 4.90 Å². The van der Waals surface area contributed by atoms with Gasteiger partial charge < -0.3 is 9.63 Å². The molecule has 2 rings (SSSR count). The highest BCUT2D eigenvalue weighted by Crippen LogP contribution is 2.29. The van der Waals surface area contributed by atoms with Gasteiger partial charge in [-0.1, -0.05) is 5.16 Å². The van der Waals surface area contributed by atoms with Gasteiger partial charge >= 0.3 is 5.97 Å². The SMILES string of the molecule is CS(=O)(=O)c1c(F)ccc(-c2cc(C(=O)O)on2)c1F. The number of halogens is 2. The molecular formula is C11H7F2NO5S. The average Bonchev–Trinajstić information content (AvgIpc) is 2.76. The molecule has 0 spiro atoms. The molecule has 1 aromatic carbocycles. The third kappa shape index (κ3) is 2.39. The molecule has 1 N–H and O–H groups in total. The van der Waals surface area contributed by atoms with Crippen molar-refractivity contribution in [3.05, 3.63) is 35.6 Å². The fraction of sp³-hybridized carbons (Fsp3) is 0.0909. The van der Waals surface area contributed by atoms with E-state index < -0.39 is 38.1 Å². The Hall–Kier alpha value is -2.29. The highest BCUT2D eigenvalue weighted by Gasteiger charge is 2.24. The lowest BCUT2D eigenvalue weighted by Crippen LogP contribution is -2.05. The molecule has 0 fully saturated rings. The van der Waals surface area contributed by atoms with Crippen molar-refractivity contribution in [3.63, 3.8) is 0 Å². The van der Waals surface area contributed by atoms with E-state index in [0.29, 0.717) is 6.26 Å². The zero-order valence-corrected chi connectivity index (χ0v) is 10.7. The molecule has 2 aromatic rings. The molecule has 0 aliphatic heterocycles. The Balaban J connectivity index is 2.67. The standard InChI is InChI=1S/C11H7F2NO5S/c1-20(17,18)10-6(12)3-2-5(9(10)13)7-4-8(11(15)16)19-14-7/h2-4H,1H3,(H,15,16). The van der Waals surface area contributed by atoms with Crippen molar-refractivity contribution in [1.29, 1.82) is 0 Å². The first-order valence-corrected chi connectivity index (χ1v) is 6.99. The number of carbonyl (C=O) groups is 1. The molecule has 0 aliphatic rings. The molecule has 0 saturated carbocycles. The second-order valence-corrected chi connectivity index (χ2v) is 5.84. The van der Waals surface area contributed by atoms with Gasteiger partial charge in [-0.15, -0.1) is 0 Å². The van der Waals surface area contributed by atoms with E-state index in [4.69, 9.17) is 5.11 Å². The number of carboxylic acids is 1. The van der Waals surface area contributed by atoms with Crippen LogP contribution in [0.1, 0.15) is 10.6 Å². The van der Waals surface area contributed by atoms with Crippen LogP contribution in [0, 0.1) is 11.6 Å². The second-order valence-electron chi connectivity index (χ2n) is 3.89. The predicted molar refractivity (Wildman–Crippen MR) is 61.9 cm³/mol. The van der Waals surface area contributed by atoms with Crippen molar-refractivity contribution in [2.24, 2.45) is 0 Å². The molecule has 0 amide bonds. The van der Waals surface area contributed by atoms with Gasteiger partial charge in [0.2, 0.25) is 5.76 Å². The van der Waals surface area contributed by atoms with Gasteiger partial charge in [0.25, 0.3) is 0 Å². The molecule has 1 heterocycles. The number of nitrogens with zero attached hydrogens (tertiary/aromatic N) is 1. The van der Waals surface area contributed by atoms with E-state index in [1.165, 1.54) is 0 Å². The largest absolute Gasteiger partial charge is 0.475 e. The first kappa shape index (κ1) is 14.1. The Morgan fingerprint density at radius 3 is 2.50 bits per heavy atom. The fourth-order valence-electron chi connectivity index (χ4n) is 1.57. The van der Waals surface area contributed by atoms with Crippen LogP contribution in [0.2, 0.25) is 0 Å².